The number of aliphatic hydroxyl groups excluding tert-OH is 12. The number of nitrogens with zero attached hydrogens (tertiary/aromatic N) is 1. The van der Waals surface area contributed by atoms with Crippen LogP contribution in [0, 0.1) is 0 Å². The molecule has 0 spiro atoms. The van der Waals surface area contributed by atoms with Crippen molar-refractivity contribution in [2.24, 2.45) is 0 Å². The lowest BCUT2D eigenvalue weighted by molar-refractivity contribution is -0.270. The van der Waals surface area contributed by atoms with Crippen LogP contribution in [0.5, 0.6) is 0 Å². The van der Waals surface area contributed by atoms with Crippen LogP contribution >= 0.6 is 0 Å². The van der Waals surface area contributed by atoms with Crippen LogP contribution in [-0.2, 0) is 100 Å². The van der Waals surface area contributed by atoms with Crippen molar-refractivity contribution >= 4 is 70.9 Å². The van der Waals surface area contributed by atoms with Gasteiger partial charge in [0.05, 0.1) is 45.3 Å². The molecule has 0 aromatic carbocycles. The third-order valence-corrected chi connectivity index (χ3v) is 22.3. The molecule has 0 bridgehead atoms. The monoisotopic (exact) mass is 1850 g/mol. The Morgan fingerprint density at radius 2 is 0.713 bits per heavy atom. The molecule has 24 N–H and O–H groups in total. The number of aliphatic hydroxyl groups is 12. The van der Waals surface area contributed by atoms with E-state index in [4.69, 9.17) is 42.6 Å². The minimum absolute atomic E-state index is 0.00120. The molecule has 5 fully saturated rings. The second kappa shape index (κ2) is 61.9. The van der Waals surface area contributed by atoms with Crippen LogP contribution in [0.2, 0.25) is 0 Å². The molecule has 0 radical (unpaired) electrons. The zero-order valence-corrected chi connectivity index (χ0v) is 74.7. The fourth-order valence-electron chi connectivity index (χ4n) is 15.2. The summed E-state index contributed by atoms with van der Waals surface area (Å²) in [6.45, 7) is 5.32. The Kier molecular flexibility index (Phi) is 53.7. The van der Waals surface area contributed by atoms with E-state index in [1.165, 1.54) is 27.7 Å². The van der Waals surface area contributed by atoms with E-state index in [-0.39, 0.29) is 179 Å². The number of hydrogen-bond donors (Lipinski definition) is 24. The molecule has 5 rings (SSSR count). The Morgan fingerprint density at radius 3 is 1.05 bits per heavy atom. The Hall–Kier alpha value is -7.66. The molecule has 5 heterocycles. The number of likely N-dealkylation sites (tertiary alicyclic amines) is 1. The predicted octanol–water partition coefficient (Wildman–Crippen LogP) is -7.54. The van der Waals surface area contributed by atoms with Gasteiger partial charge < -0.3 is 173 Å². The van der Waals surface area contributed by atoms with Crippen molar-refractivity contribution in [2.45, 2.75) is 335 Å². The van der Waals surface area contributed by atoms with Crippen molar-refractivity contribution in [1.82, 2.24) is 68.7 Å². The van der Waals surface area contributed by atoms with Gasteiger partial charge in [-0.25, -0.2) is 0 Å². The number of carbonyl (C=O) groups excluding carboxylic acids is 12. The highest BCUT2D eigenvalue weighted by molar-refractivity contribution is 5.92. The highest BCUT2D eigenvalue weighted by Gasteiger charge is 2.50. The van der Waals surface area contributed by atoms with Crippen LogP contribution in [0.25, 0.3) is 0 Å². The lowest BCUT2D eigenvalue weighted by atomic mass is 9.97. The lowest BCUT2D eigenvalue weighted by Crippen LogP contribution is -2.64. The predicted molar refractivity (Wildman–Crippen MR) is 453 cm³/mol. The average molecular weight is 1850 g/mol. The molecule has 0 saturated carbocycles. The molecule has 740 valence electrons. The molecule has 23 unspecified atom stereocenters. The Labute approximate surface area is 751 Å². The maximum Gasteiger partial charge on any atom is 0.243 e. The topological polar surface area (TPSA) is 678 Å². The molecular weight excluding hydrogens is 1710 g/mol. The summed E-state index contributed by atoms with van der Waals surface area (Å²) in [5.41, 5.74) is 0. The summed E-state index contributed by atoms with van der Waals surface area (Å²) < 4.78 is 51.3. The number of carbonyl (C=O) groups is 12. The van der Waals surface area contributed by atoms with Crippen LogP contribution in [0.3, 0.4) is 0 Å². The van der Waals surface area contributed by atoms with Gasteiger partial charge in [-0.05, 0) is 128 Å². The summed E-state index contributed by atoms with van der Waals surface area (Å²) in [7, 11) is 0. The fourth-order valence-corrected chi connectivity index (χ4v) is 15.2. The lowest BCUT2D eigenvalue weighted by Gasteiger charge is -2.42. The summed E-state index contributed by atoms with van der Waals surface area (Å²) in [4.78, 5) is 160. The van der Waals surface area contributed by atoms with Crippen molar-refractivity contribution in [3.63, 3.8) is 0 Å². The quantitative estimate of drug-likeness (QED) is 0.0199. The zero-order valence-electron chi connectivity index (χ0n) is 74.7. The summed E-state index contributed by atoms with van der Waals surface area (Å²) >= 11 is 0. The Balaban J connectivity index is 1.26. The largest absolute Gasteiger partial charge is 0.499 e. The van der Waals surface area contributed by atoms with Crippen LogP contribution < -0.4 is 63.8 Å². The van der Waals surface area contributed by atoms with E-state index in [0.717, 1.165) is 19.3 Å². The molecule has 5 aliphatic rings. The first-order valence-corrected chi connectivity index (χ1v) is 45.1. The maximum absolute atomic E-state index is 14.7. The normalized spacial score (nSPS) is 27.6. The molecule has 5 aliphatic heterocycles. The van der Waals surface area contributed by atoms with Crippen LogP contribution in [0.1, 0.15) is 189 Å². The number of nitrogens with one attached hydrogen (secondary N) is 12. The van der Waals surface area contributed by atoms with E-state index in [1.807, 2.05) is 13.0 Å². The highest BCUT2D eigenvalue weighted by Crippen LogP contribution is 2.28. The number of hydrogen-bond acceptors (Lipinski definition) is 34. The highest BCUT2D eigenvalue weighted by atomic mass is 16.7. The van der Waals surface area contributed by atoms with Gasteiger partial charge in [-0.1, -0.05) is 13.0 Å². The smallest absolute Gasteiger partial charge is 0.243 e. The third kappa shape index (κ3) is 40.4. The second-order valence-electron chi connectivity index (χ2n) is 32.8. The van der Waals surface area contributed by atoms with Crippen LogP contribution in [0.4, 0.5) is 0 Å². The van der Waals surface area contributed by atoms with Gasteiger partial charge in [-0.15, -0.1) is 0 Å². The minimum atomic E-state index is -1.57. The van der Waals surface area contributed by atoms with Crippen molar-refractivity contribution in [3.05, 3.63) is 12.3 Å². The summed E-state index contributed by atoms with van der Waals surface area (Å²) in [5.74, 6) is -6.03. The van der Waals surface area contributed by atoms with E-state index in [1.54, 1.807) is 11.2 Å². The number of unbranched alkanes of at least 4 members (excludes halogenated alkanes) is 7. The standard InChI is InChI=1S/C83H145N13O33/c1-6-7-37-121-47-52-23-22-36-96(52)64(109)42-84-34-35-88-78(119)54(95-79(120)55(94-63(108)30-14-21-41-125-83-68(92-51(5)104)76(117)72(113)59(46-100)129-83)26-9-16-32-86-61(106)28-12-19-39-123-81-66(90-49(3)102)74(115)70(111)57(44-98)127-81)25-10-17-33-87-77(118)53(93-62(107)29-13-20-40-124-82-67(91-50(4)103)75(116)71(112)58(45-99)128-82)24-8-15-31-85-60(105)27-11-18-38-122-80-65(89-48(2)101)73(114)69(110)56(43-97)126-80/h7,37,52-59,65-76,80-84,97-100,110-117H,6,8-36,38-47H2,1-5H3,(H,85,105)(H,86,106)(H,87,118)(H,88,119)(H,89,101)(H,90,102)(H,91,103)(H,92,104)(H,93,107)(H,94,108)(H,95,120)/t52-,53?,54?,55?,56?,57?,58?,59?,65?,66?,67?,68?,69?,70?,71?,72?,73?,74?,75?,76?,80?,81?,82?,83?/m0/s1. The zero-order chi connectivity index (χ0) is 94.9. The van der Waals surface area contributed by atoms with E-state index >= 15 is 0 Å². The first kappa shape index (κ1) is 112. The third-order valence-electron chi connectivity index (χ3n) is 22.3. The molecule has 46 heteroatoms. The molecule has 0 aliphatic carbocycles. The number of rotatable bonds is 62. The van der Waals surface area contributed by atoms with Gasteiger partial charge in [0, 0.05) is 119 Å². The SMILES string of the molecule is CCC=COC[C@@H]1CCCN1C(=O)CNCCNC(=O)C(CCCCNC(=O)C(CCCCNC(=O)CCCCOC1OC(CO)C(O)C(O)C1NC(C)=O)NC(=O)CCCCOC1OC(CO)C(O)C(O)C1NC(C)=O)NC(=O)C(CCCCNC(=O)CCCCOC1OC(CO)C(O)C(O)C1NC(C)=O)NC(=O)CCCCOC1OC(CO)C(O)C(O)C1NC(C)=O. The van der Waals surface area contributed by atoms with Crippen LogP contribution in [-0.4, -0.2) is 389 Å². The van der Waals surface area contributed by atoms with Gasteiger partial charge >= 0.3 is 0 Å². The summed E-state index contributed by atoms with van der Waals surface area (Å²) in [6.07, 6.45) is -12.5. The van der Waals surface area contributed by atoms with E-state index in [0.29, 0.717) is 58.1 Å². The molecule has 0 aromatic rings. The van der Waals surface area contributed by atoms with Crippen molar-refractivity contribution < 1.29 is 161 Å². The Bertz CT molecular complexity index is 3400. The van der Waals surface area contributed by atoms with Crippen LogP contribution in [0.15, 0.2) is 12.3 Å². The first-order valence-electron chi connectivity index (χ1n) is 45.1. The van der Waals surface area contributed by atoms with Crippen molar-refractivity contribution in [1.29, 1.82) is 0 Å². The van der Waals surface area contributed by atoms with E-state index < -0.39 is 220 Å². The summed E-state index contributed by atoms with van der Waals surface area (Å²) in [5, 5.41) is 156. The minimum Gasteiger partial charge on any atom is -0.499 e. The number of ether oxygens (including phenoxy) is 9. The second-order valence-corrected chi connectivity index (χ2v) is 32.8. The van der Waals surface area contributed by atoms with Crippen molar-refractivity contribution in [2.75, 3.05) is 105 Å². The molecule has 24 atom stereocenters. The fraction of sp³-hybridized carbons (Fsp3) is 0.831. The molecule has 5 saturated heterocycles. The molecule has 0 aromatic heterocycles. The molecular formula is C83H145N13O33. The maximum atomic E-state index is 14.7. The summed E-state index contributed by atoms with van der Waals surface area (Å²) in [6, 6.07) is -8.47. The molecule has 12 amide bonds. The van der Waals surface area contributed by atoms with Gasteiger partial charge in [0.1, 0.15) is 122 Å². The van der Waals surface area contributed by atoms with Gasteiger partial charge in [-0.3, -0.25) is 57.5 Å². The molecule has 129 heavy (non-hydrogen) atoms. The van der Waals surface area contributed by atoms with E-state index in [2.05, 4.69) is 63.8 Å². The first-order chi connectivity index (χ1) is 61.8. The number of allylic oxidation sites excluding steroid dienone is 1. The van der Waals surface area contributed by atoms with Crippen molar-refractivity contribution in [3.8, 4) is 0 Å². The Morgan fingerprint density at radius 1 is 0.388 bits per heavy atom. The number of amides is 12. The van der Waals surface area contributed by atoms with Gasteiger partial charge in [0.2, 0.25) is 70.9 Å². The van der Waals surface area contributed by atoms with Gasteiger partial charge in [-0.2, -0.15) is 0 Å². The molecule has 46 nitrogen and oxygen atoms in total. The van der Waals surface area contributed by atoms with E-state index in [9.17, 15) is 119 Å². The van der Waals surface area contributed by atoms with Gasteiger partial charge in [0.25, 0.3) is 0 Å². The average Bonchev–Trinajstić information content (AvgIpc) is 0.937. The van der Waals surface area contributed by atoms with Gasteiger partial charge in [0.15, 0.2) is 25.2 Å².